The molecule has 0 fully saturated rings. The smallest absolute Gasteiger partial charge is 0.329 e. The summed E-state index contributed by atoms with van der Waals surface area (Å²) < 4.78 is 6.62. The Morgan fingerprint density at radius 3 is 2.74 bits per heavy atom. The van der Waals surface area contributed by atoms with Crippen LogP contribution in [0.15, 0.2) is 9.59 Å². The minimum Gasteiger partial charge on any atom is -0.383 e. The number of H-pyrrole nitrogens is 1. The first-order valence-electron chi connectivity index (χ1n) is 6.34. The Hall–Kier alpha value is -1.76. The average Bonchev–Trinajstić information content (AvgIpc) is 2.34. The lowest BCUT2D eigenvalue weighted by molar-refractivity contribution is 0.110. The van der Waals surface area contributed by atoms with Crippen LogP contribution in [0.4, 0.5) is 11.5 Å². The van der Waals surface area contributed by atoms with E-state index in [4.69, 9.17) is 10.5 Å². The molecule has 0 saturated carbocycles. The zero-order valence-corrected chi connectivity index (χ0v) is 11.7. The number of nitrogens with two attached hydrogens (primary N) is 1. The monoisotopic (exact) mass is 270 g/mol. The van der Waals surface area contributed by atoms with Gasteiger partial charge in [0.15, 0.2) is 0 Å². The summed E-state index contributed by atoms with van der Waals surface area (Å²) in [7, 11) is 1.50. The van der Waals surface area contributed by atoms with Crippen LogP contribution in [0, 0.1) is 5.92 Å². The molecule has 0 bridgehead atoms. The van der Waals surface area contributed by atoms with Crippen LogP contribution >= 0.6 is 0 Å². The third kappa shape index (κ3) is 4.44. The van der Waals surface area contributed by atoms with Crippen molar-refractivity contribution in [3.05, 3.63) is 20.8 Å². The molecule has 1 aromatic heterocycles. The molecular weight excluding hydrogens is 248 g/mol. The van der Waals surface area contributed by atoms with Gasteiger partial charge in [0.25, 0.3) is 5.56 Å². The number of nitrogens with zero attached hydrogens (tertiary/aromatic N) is 1. The zero-order chi connectivity index (χ0) is 14.4. The molecule has 7 nitrogen and oxygen atoms in total. The Bertz CT molecular complexity index is 519. The van der Waals surface area contributed by atoms with Gasteiger partial charge in [0.1, 0.15) is 11.5 Å². The number of nitrogen functional groups attached to an aromatic ring is 1. The number of anilines is 2. The second kappa shape index (κ2) is 6.98. The molecule has 108 valence electrons. The van der Waals surface area contributed by atoms with Crippen molar-refractivity contribution in [2.24, 2.45) is 13.0 Å². The third-order valence-electron chi connectivity index (χ3n) is 2.59. The van der Waals surface area contributed by atoms with Crippen LogP contribution in [0.3, 0.4) is 0 Å². The normalized spacial score (nSPS) is 10.9. The van der Waals surface area contributed by atoms with E-state index >= 15 is 0 Å². The van der Waals surface area contributed by atoms with Gasteiger partial charge in [0.05, 0.1) is 0 Å². The lowest BCUT2D eigenvalue weighted by Crippen LogP contribution is -2.32. The molecule has 0 aromatic carbocycles. The van der Waals surface area contributed by atoms with Crippen molar-refractivity contribution < 1.29 is 4.74 Å². The van der Waals surface area contributed by atoms with Crippen LogP contribution in [0.5, 0.6) is 0 Å². The number of nitrogens with one attached hydrogen (secondary N) is 2. The summed E-state index contributed by atoms with van der Waals surface area (Å²) in [5.41, 5.74) is 4.93. The molecule has 0 aliphatic carbocycles. The average molecular weight is 270 g/mol. The van der Waals surface area contributed by atoms with Gasteiger partial charge in [-0.3, -0.25) is 14.3 Å². The largest absolute Gasteiger partial charge is 0.383 e. The van der Waals surface area contributed by atoms with Crippen LogP contribution in [-0.2, 0) is 11.8 Å². The molecule has 4 N–H and O–H groups in total. The molecule has 0 amide bonds. The molecular formula is C12H22N4O3. The van der Waals surface area contributed by atoms with Gasteiger partial charge in [-0.2, -0.15) is 0 Å². The van der Waals surface area contributed by atoms with E-state index in [9.17, 15) is 9.59 Å². The molecule has 0 atom stereocenters. The highest BCUT2D eigenvalue weighted by Gasteiger charge is 2.08. The maximum Gasteiger partial charge on any atom is 0.329 e. The topological polar surface area (TPSA) is 102 Å². The van der Waals surface area contributed by atoms with E-state index in [1.165, 1.54) is 11.6 Å². The first kappa shape index (κ1) is 15.3. The Balaban J connectivity index is 2.48. The standard InChI is InChI=1S/C12H22N4O3/c1-8(2)7-19-6-4-5-14-9-10(13)16(3)12(18)15-11(9)17/h8,14H,4-7,13H2,1-3H3,(H,15,17,18). The zero-order valence-electron chi connectivity index (χ0n) is 11.7. The van der Waals surface area contributed by atoms with Crippen LogP contribution in [-0.4, -0.2) is 29.3 Å². The minimum absolute atomic E-state index is 0.136. The van der Waals surface area contributed by atoms with Crippen molar-refractivity contribution in [3.8, 4) is 0 Å². The van der Waals surface area contributed by atoms with Crippen LogP contribution < -0.4 is 22.3 Å². The second-order valence-electron chi connectivity index (χ2n) is 4.83. The Morgan fingerprint density at radius 2 is 2.11 bits per heavy atom. The molecule has 7 heteroatoms. The number of aromatic amines is 1. The van der Waals surface area contributed by atoms with E-state index in [0.29, 0.717) is 19.1 Å². The summed E-state index contributed by atoms with van der Waals surface area (Å²) in [6.45, 7) is 6.08. The van der Waals surface area contributed by atoms with Gasteiger partial charge in [-0.25, -0.2) is 4.79 Å². The molecule has 0 saturated heterocycles. The van der Waals surface area contributed by atoms with Gasteiger partial charge in [-0.15, -0.1) is 0 Å². The van der Waals surface area contributed by atoms with Crippen molar-refractivity contribution in [1.82, 2.24) is 9.55 Å². The van der Waals surface area contributed by atoms with E-state index in [2.05, 4.69) is 24.1 Å². The maximum atomic E-state index is 11.6. The van der Waals surface area contributed by atoms with Crippen molar-refractivity contribution in [1.29, 1.82) is 0 Å². The molecule has 1 aromatic rings. The highest BCUT2D eigenvalue weighted by molar-refractivity contribution is 5.60. The third-order valence-corrected chi connectivity index (χ3v) is 2.59. The van der Waals surface area contributed by atoms with Gasteiger partial charge in [0.2, 0.25) is 0 Å². The molecule has 1 heterocycles. The first-order valence-corrected chi connectivity index (χ1v) is 6.34. The summed E-state index contributed by atoms with van der Waals surface area (Å²) in [6.07, 6.45) is 0.758. The lowest BCUT2D eigenvalue weighted by atomic mass is 10.2. The van der Waals surface area contributed by atoms with E-state index in [1.807, 2.05) is 0 Å². The fraction of sp³-hybridized carbons (Fsp3) is 0.667. The Labute approximate surface area is 111 Å². The number of hydrogen-bond acceptors (Lipinski definition) is 5. The molecule has 19 heavy (non-hydrogen) atoms. The van der Waals surface area contributed by atoms with Crippen LogP contribution in [0.1, 0.15) is 20.3 Å². The molecule has 0 radical (unpaired) electrons. The second-order valence-corrected chi connectivity index (χ2v) is 4.83. The molecule has 1 rings (SSSR count). The summed E-state index contributed by atoms with van der Waals surface area (Å²) in [5.74, 6) is 0.645. The van der Waals surface area contributed by atoms with Gasteiger partial charge >= 0.3 is 5.69 Å². The summed E-state index contributed by atoms with van der Waals surface area (Å²) in [4.78, 5) is 25.0. The number of hydrogen-bond donors (Lipinski definition) is 3. The van der Waals surface area contributed by atoms with E-state index in [1.54, 1.807) is 0 Å². The summed E-state index contributed by atoms with van der Waals surface area (Å²) >= 11 is 0. The lowest BCUT2D eigenvalue weighted by Gasteiger charge is -2.11. The number of rotatable bonds is 7. The molecule has 0 aliphatic heterocycles. The van der Waals surface area contributed by atoms with Crippen molar-refractivity contribution in [2.75, 3.05) is 30.8 Å². The van der Waals surface area contributed by atoms with Crippen LogP contribution in [0.25, 0.3) is 0 Å². The predicted molar refractivity (Wildman–Crippen MR) is 75.5 cm³/mol. The fourth-order valence-corrected chi connectivity index (χ4v) is 1.51. The Morgan fingerprint density at radius 1 is 1.42 bits per heavy atom. The maximum absolute atomic E-state index is 11.6. The molecule has 0 spiro atoms. The van der Waals surface area contributed by atoms with Crippen molar-refractivity contribution in [2.45, 2.75) is 20.3 Å². The van der Waals surface area contributed by atoms with E-state index < -0.39 is 11.2 Å². The van der Waals surface area contributed by atoms with Gasteiger partial charge < -0.3 is 15.8 Å². The SMILES string of the molecule is CC(C)COCCCNc1c(N)n(C)c(=O)[nH]c1=O. The first-order chi connectivity index (χ1) is 8.93. The highest BCUT2D eigenvalue weighted by Crippen LogP contribution is 2.07. The Kier molecular flexibility index (Phi) is 5.62. The van der Waals surface area contributed by atoms with Crippen molar-refractivity contribution in [3.63, 3.8) is 0 Å². The minimum atomic E-state index is -0.520. The molecule has 0 aliphatic rings. The van der Waals surface area contributed by atoms with E-state index in [0.717, 1.165) is 13.0 Å². The van der Waals surface area contributed by atoms with Gasteiger partial charge in [0, 0.05) is 26.8 Å². The van der Waals surface area contributed by atoms with Crippen molar-refractivity contribution >= 4 is 11.5 Å². The van der Waals surface area contributed by atoms with E-state index in [-0.39, 0.29) is 11.5 Å². The highest BCUT2D eigenvalue weighted by atomic mass is 16.5. The fourth-order valence-electron chi connectivity index (χ4n) is 1.51. The summed E-state index contributed by atoms with van der Waals surface area (Å²) in [5, 5.41) is 2.93. The summed E-state index contributed by atoms with van der Waals surface area (Å²) in [6, 6.07) is 0. The number of ether oxygens (including phenoxy) is 1. The number of aromatic nitrogens is 2. The van der Waals surface area contributed by atoms with Gasteiger partial charge in [-0.1, -0.05) is 13.8 Å². The van der Waals surface area contributed by atoms with Gasteiger partial charge in [-0.05, 0) is 12.3 Å². The quantitative estimate of drug-likeness (QED) is 0.611. The predicted octanol–water partition coefficient (Wildman–Crippen LogP) is 0.130. The van der Waals surface area contributed by atoms with Crippen LogP contribution in [0.2, 0.25) is 0 Å². The molecule has 0 unspecified atom stereocenters.